The van der Waals surface area contributed by atoms with Gasteiger partial charge in [0.2, 0.25) is 0 Å². The largest absolute Gasteiger partial charge is 0.465 e. The lowest BCUT2D eigenvalue weighted by Crippen LogP contribution is -2.20. The predicted octanol–water partition coefficient (Wildman–Crippen LogP) is 1.31. The van der Waals surface area contributed by atoms with E-state index in [1.54, 1.807) is 6.92 Å². The number of methoxy groups -OCH3 is 1. The molecule has 0 amide bonds. The van der Waals surface area contributed by atoms with E-state index in [1.807, 2.05) is 0 Å². The molecule has 1 unspecified atom stereocenters. The van der Waals surface area contributed by atoms with Crippen molar-refractivity contribution in [2.45, 2.75) is 13.0 Å². The Morgan fingerprint density at radius 1 is 1.63 bits per heavy atom. The van der Waals surface area contributed by atoms with E-state index < -0.39 is 34.0 Å². The highest BCUT2D eigenvalue weighted by molar-refractivity contribution is 5.92. The zero-order valence-corrected chi connectivity index (χ0v) is 10.3. The van der Waals surface area contributed by atoms with E-state index in [1.165, 1.54) is 0 Å². The standard InChI is InChI=1S/C11H13FN2O5/c1-6(5-15)13-9-3-7(11(16)19-2)8(12)4-10(9)14(17)18/h3-4,6,13,15H,5H2,1-2H3. The van der Waals surface area contributed by atoms with E-state index in [2.05, 4.69) is 10.1 Å². The molecule has 7 nitrogen and oxygen atoms in total. The van der Waals surface area contributed by atoms with E-state index in [4.69, 9.17) is 5.11 Å². The molecule has 19 heavy (non-hydrogen) atoms. The van der Waals surface area contributed by atoms with Gasteiger partial charge in [-0.2, -0.15) is 0 Å². The summed E-state index contributed by atoms with van der Waals surface area (Å²) < 4.78 is 17.9. The molecule has 0 bridgehead atoms. The van der Waals surface area contributed by atoms with Crippen molar-refractivity contribution in [1.29, 1.82) is 0 Å². The lowest BCUT2D eigenvalue weighted by molar-refractivity contribution is -0.384. The maximum atomic E-state index is 13.6. The highest BCUT2D eigenvalue weighted by Crippen LogP contribution is 2.28. The maximum absolute atomic E-state index is 13.6. The van der Waals surface area contributed by atoms with Crippen molar-refractivity contribution in [2.24, 2.45) is 0 Å². The van der Waals surface area contributed by atoms with Gasteiger partial charge in [-0.15, -0.1) is 0 Å². The first-order chi connectivity index (χ1) is 8.90. The number of hydrogen-bond acceptors (Lipinski definition) is 6. The number of benzene rings is 1. The Bertz CT molecular complexity index is 506. The first-order valence-electron chi connectivity index (χ1n) is 5.34. The summed E-state index contributed by atoms with van der Waals surface area (Å²) >= 11 is 0. The minimum Gasteiger partial charge on any atom is -0.465 e. The summed E-state index contributed by atoms with van der Waals surface area (Å²) in [4.78, 5) is 21.3. The van der Waals surface area contributed by atoms with Crippen LogP contribution in [-0.2, 0) is 4.74 Å². The van der Waals surface area contributed by atoms with Crippen LogP contribution in [0.2, 0.25) is 0 Å². The van der Waals surface area contributed by atoms with E-state index in [0.717, 1.165) is 13.2 Å². The fourth-order valence-electron chi connectivity index (χ4n) is 1.41. The molecule has 2 N–H and O–H groups in total. The zero-order valence-electron chi connectivity index (χ0n) is 10.3. The van der Waals surface area contributed by atoms with Crippen LogP contribution in [-0.4, -0.2) is 35.8 Å². The van der Waals surface area contributed by atoms with Gasteiger partial charge in [0, 0.05) is 6.04 Å². The number of aliphatic hydroxyl groups excluding tert-OH is 1. The Kier molecular flexibility index (Phi) is 4.76. The van der Waals surface area contributed by atoms with Crippen LogP contribution in [0, 0.1) is 15.9 Å². The van der Waals surface area contributed by atoms with Crippen LogP contribution in [0.25, 0.3) is 0 Å². The van der Waals surface area contributed by atoms with Gasteiger partial charge in [0.15, 0.2) is 0 Å². The van der Waals surface area contributed by atoms with Crippen molar-refractivity contribution in [1.82, 2.24) is 0 Å². The van der Waals surface area contributed by atoms with E-state index in [0.29, 0.717) is 6.07 Å². The van der Waals surface area contributed by atoms with Gasteiger partial charge in [0.05, 0.1) is 30.3 Å². The lowest BCUT2D eigenvalue weighted by Gasteiger charge is -2.13. The fraction of sp³-hybridized carbons (Fsp3) is 0.364. The number of nitro benzene ring substituents is 1. The molecule has 8 heteroatoms. The third kappa shape index (κ3) is 3.38. The molecule has 104 valence electrons. The second-order valence-electron chi connectivity index (χ2n) is 3.83. The average molecular weight is 272 g/mol. The summed E-state index contributed by atoms with van der Waals surface area (Å²) in [5.41, 5.74) is -1.00. The van der Waals surface area contributed by atoms with Crippen molar-refractivity contribution in [3.05, 3.63) is 33.6 Å². The van der Waals surface area contributed by atoms with Crippen molar-refractivity contribution in [3.63, 3.8) is 0 Å². The number of rotatable bonds is 5. The van der Waals surface area contributed by atoms with Crippen molar-refractivity contribution < 1.29 is 24.0 Å². The van der Waals surface area contributed by atoms with Crippen LogP contribution in [0.5, 0.6) is 0 Å². The molecule has 0 saturated heterocycles. The molecule has 0 aliphatic rings. The van der Waals surface area contributed by atoms with Crippen molar-refractivity contribution >= 4 is 17.3 Å². The minimum atomic E-state index is -1.04. The second-order valence-corrected chi connectivity index (χ2v) is 3.83. The zero-order chi connectivity index (χ0) is 14.6. The van der Waals surface area contributed by atoms with Crippen LogP contribution >= 0.6 is 0 Å². The summed E-state index contributed by atoms with van der Waals surface area (Å²) in [7, 11) is 1.08. The summed E-state index contributed by atoms with van der Waals surface area (Å²) in [5, 5.41) is 22.3. The van der Waals surface area contributed by atoms with Gasteiger partial charge in [-0.3, -0.25) is 10.1 Å². The van der Waals surface area contributed by atoms with Crippen molar-refractivity contribution in [2.75, 3.05) is 19.0 Å². The molecular formula is C11H13FN2O5. The van der Waals surface area contributed by atoms with E-state index >= 15 is 0 Å². The van der Waals surface area contributed by atoms with Gasteiger partial charge in [-0.25, -0.2) is 9.18 Å². The third-order valence-electron chi connectivity index (χ3n) is 2.36. The number of nitrogens with zero attached hydrogens (tertiary/aromatic N) is 1. The first-order valence-corrected chi connectivity index (χ1v) is 5.34. The molecule has 1 atom stereocenters. The number of halogens is 1. The normalized spacial score (nSPS) is 11.8. The maximum Gasteiger partial charge on any atom is 0.340 e. The summed E-state index contributed by atoms with van der Waals surface area (Å²) in [5.74, 6) is -1.98. The van der Waals surface area contributed by atoms with Gasteiger partial charge >= 0.3 is 5.97 Å². The quantitative estimate of drug-likeness (QED) is 0.476. The molecule has 0 aliphatic heterocycles. The first kappa shape index (κ1) is 14.8. The molecule has 0 saturated carbocycles. The number of esters is 1. The van der Waals surface area contributed by atoms with Gasteiger partial charge in [0.25, 0.3) is 5.69 Å². The van der Waals surface area contributed by atoms with Crippen LogP contribution in [0.1, 0.15) is 17.3 Å². The Balaban J connectivity index is 3.31. The van der Waals surface area contributed by atoms with Crippen LogP contribution in [0.4, 0.5) is 15.8 Å². The number of ether oxygens (including phenoxy) is 1. The van der Waals surface area contributed by atoms with Crippen LogP contribution in [0.15, 0.2) is 12.1 Å². The van der Waals surface area contributed by atoms with Gasteiger partial charge in [0.1, 0.15) is 11.5 Å². The molecule has 1 aromatic carbocycles. The Hall–Kier alpha value is -2.22. The van der Waals surface area contributed by atoms with Crippen LogP contribution in [0.3, 0.4) is 0 Å². The molecule has 0 fully saturated rings. The monoisotopic (exact) mass is 272 g/mol. The fourth-order valence-corrected chi connectivity index (χ4v) is 1.41. The summed E-state index contributed by atoms with van der Waals surface area (Å²) in [6.07, 6.45) is 0. The molecule has 0 spiro atoms. The minimum absolute atomic E-state index is 0.0617. The molecule has 0 radical (unpaired) electrons. The number of anilines is 1. The number of carbonyl (C=O) groups excluding carboxylic acids is 1. The SMILES string of the molecule is COC(=O)c1cc(NC(C)CO)c([N+](=O)[O-])cc1F. The van der Waals surface area contributed by atoms with Gasteiger partial charge < -0.3 is 15.2 Å². The second kappa shape index (κ2) is 6.10. The van der Waals surface area contributed by atoms with Gasteiger partial charge in [-0.05, 0) is 13.0 Å². The Morgan fingerprint density at radius 3 is 2.74 bits per heavy atom. The lowest BCUT2D eigenvalue weighted by atomic mass is 10.1. The molecule has 0 aliphatic carbocycles. The third-order valence-corrected chi connectivity index (χ3v) is 2.36. The van der Waals surface area contributed by atoms with Gasteiger partial charge in [-0.1, -0.05) is 0 Å². The number of nitro groups is 1. The molecular weight excluding hydrogens is 259 g/mol. The van der Waals surface area contributed by atoms with Crippen LogP contribution < -0.4 is 5.32 Å². The number of carbonyl (C=O) groups is 1. The Morgan fingerprint density at radius 2 is 2.26 bits per heavy atom. The summed E-state index contributed by atoms with van der Waals surface area (Å²) in [6, 6.07) is 1.14. The number of nitrogens with one attached hydrogen (secondary N) is 1. The smallest absolute Gasteiger partial charge is 0.340 e. The van der Waals surface area contributed by atoms with Crippen molar-refractivity contribution in [3.8, 4) is 0 Å². The highest BCUT2D eigenvalue weighted by Gasteiger charge is 2.23. The van der Waals surface area contributed by atoms with E-state index in [9.17, 15) is 19.3 Å². The number of hydrogen-bond donors (Lipinski definition) is 2. The Labute approximate surface area is 108 Å². The topological polar surface area (TPSA) is 102 Å². The number of aliphatic hydroxyl groups is 1. The molecule has 1 aromatic rings. The highest BCUT2D eigenvalue weighted by atomic mass is 19.1. The molecule has 1 rings (SSSR count). The predicted molar refractivity (Wildman–Crippen MR) is 64.6 cm³/mol. The van der Waals surface area contributed by atoms with E-state index in [-0.39, 0.29) is 12.3 Å². The molecule has 0 aromatic heterocycles. The molecule has 0 heterocycles. The average Bonchev–Trinajstić information content (AvgIpc) is 2.38. The summed E-state index contributed by atoms with van der Waals surface area (Å²) in [6.45, 7) is 1.30.